The van der Waals surface area contributed by atoms with Crippen LogP contribution in [-0.4, -0.2) is 54.5 Å². The van der Waals surface area contributed by atoms with Crippen LogP contribution >= 0.6 is 0 Å². The number of phenolic OH excluding ortho intramolecular Hbond substituents is 2. The van der Waals surface area contributed by atoms with Crippen molar-refractivity contribution in [3.05, 3.63) is 58.7 Å². The maximum atomic E-state index is 10.5. The third-order valence-electron chi connectivity index (χ3n) is 2.93. The number of carboxylic acids is 4. The van der Waals surface area contributed by atoms with Crippen molar-refractivity contribution >= 4 is 23.9 Å². The molecule has 2 rings (SSSR count). The van der Waals surface area contributed by atoms with Crippen LogP contribution in [0.25, 0.3) is 0 Å². The first-order chi connectivity index (χ1) is 12.0. The fraction of sp³-hybridized carbons (Fsp3) is 0. The van der Waals surface area contributed by atoms with Crippen molar-refractivity contribution in [1.82, 2.24) is 0 Å². The number of carbonyl (C=O) groups is 4. The van der Waals surface area contributed by atoms with Crippen molar-refractivity contribution in [1.29, 1.82) is 0 Å². The first-order valence-electron chi connectivity index (χ1n) is 6.63. The zero-order chi connectivity index (χ0) is 20.0. The van der Waals surface area contributed by atoms with Crippen molar-refractivity contribution in [3.8, 4) is 11.5 Å². The van der Waals surface area contributed by atoms with E-state index < -0.39 is 35.0 Å². The predicted molar refractivity (Wildman–Crippen MR) is 84.1 cm³/mol. The molecule has 0 amide bonds. The molecule has 2 aromatic carbocycles. The van der Waals surface area contributed by atoms with Crippen LogP contribution in [0, 0.1) is 0 Å². The number of phenols is 2. The summed E-state index contributed by atoms with van der Waals surface area (Å²) in [6.07, 6.45) is 0. The van der Waals surface area contributed by atoms with Gasteiger partial charge in [0, 0.05) is 26.2 Å². The molecule has 0 aliphatic heterocycles. The number of benzene rings is 2. The Morgan fingerprint density at radius 1 is 0.519 bits per heavy atom. The van der Waals surface area contributed by atoms with Gasteiger partial charge in [0.15, 0.2) is 0 Å². The second-order valence-corrected chi connectivity index (χ2v) is 4.68. The SMILES string of the molecule is O=C(O)c1ccc(O)cc1C(=O)O.O=C(O)c1ccc(O)cc1C(=O)O.[Zr]. The minimum atomic E-state index is -1.38. The maximum absolute atomic E-state index is 10.5. The van der Waals surface area contributed by atoms with Crippen LogP contribution in [0.15, 0.2) is 36.4 Å². The second kappa shape index (κ2) is 10.1. The van der Waals surface area contributed by atoms with Gasteiger partial charge in [-0.1, -0.05) is 0 Å². The summed E-state index contributed by atoms with van der Waals surface area (Å²) in [5.41, 5.74) is -1.53. The molecule has 0 aromatic heterocycles. The molecule has 0 bridgehead atoms. The summed E-state index contributed by atoms with van der Waals surface area (Å²) in [5.74, 6) is -5.98. The van der Waals surface area contributed by atoms with E-state index in [0.29, 0.717) is 0 Å². The van der Waals surface area contributed by atoms with Crippen LogP contribution in [0.5, 0.6) is 11.5 Å². The minimum absolute atomic E-state index is 0. The fourth-order valence-electron chi connectivity index (χ4n) is 1.79. The standard InChI is InChI=1S/2C8H6O5.Zr/c2*9-4-1-2-5(7(10)11)6(3-4)8(12)13;/h2*1-3,9H,(H,10,11)(H,12,13);. The molecule has 0 aliphatic carbocycles. The number of carboxylic acid groups (broad SMARTS) is 4. The molecular formula is C16H12O10Zr. The quantitative estimate of drug-likeness (QED) is 0.394. The Kier molecular flexibility index (Phi) is 8.88. The van der Waals surface area contributed by atoms with E-state index in [2.05, 4.69) is 0 Å². The molecule has 0 aliphatic rings. The van der Waals surface area contributed by atoms with Gasteiger partial charge < -0.3 is 30.6 Å². The molecular weight excluding hydrogens is 443 g/mol. The summed E-state index contributed by atoms with van der Waals surface area (Å²) in [6, 6.07) is 6.12. The van der Waals surface area contributed by atoms with Gasteiger partial charge in [-0.2, -0.15) is 0 Å². The van der Waals surface area contributed by atoms with E-state index in [9.17, 15) is 19.2 Å². The van der Waals surface area contributed by atoms with Gasteiger partial charge in [-0.25, -0.2) is 19.2 Å². The molecule has 2 aromatic rings. The van der Waals surface area contributed by atoms with Gasteiger partial charge in [-0.3, -0.25) is 0 Å². The van der Waals surface area contributed by atoms with E-state index >= 15 is 0 Å². The molecule has 11 heteroatoms. The summed E-state index contributed by atoms with van der Waals surface area (Å²) in [5, 5.41) is 52.1. The second-order valence-electron chi connectivity index (χ2n) is 4.68. The Hall–Kier alpha value is -3.20. The number of aromatic hydroxyl groups is 2. The van der Waals surface area contributed by atoms with E-state index in [0.717, 1.165) is 36.4 Å². The van der Waals surface area contributed by atoms with Crippen molar-refractivity contribution in [2.24, 2.45) is 0 Å². The largest absolute Gasteiger partial charge is 0.508 e. The van der Waals surface area contributed by atoms with Gasteiger partial charge in [-0.15, -0.1) is 0 Å². The summed E-state index contributed by atoms with van der Waals surface area (Å²) in [6.45, 7) is 0. The summed E-state index contributed by atoms with van der Waals surface area (Å²) in [7, 11) is 0. The molecule has 6 N–H and O–H groups in total. The third-order valence-corrected chi connectivity index (χ3v) is 2.93. The topological polar surface area (TPSA) is 190 Å². The Morgan fingerprint density at radius 2 is 0.778 bits per heavy atom. The summed E-state index contributed by atoms with van der Waals surface area (Å²) in [4.78, 5) is 42.0. The van der Waals surface area contributed by atoms with Gasteiger partial charge in [0.1, 0.15) is 11.5 Å². The van der Waals surface area contributed by atoms with Crippen LogP contribution in [-0.2, 0) is 26.2 Å². The molecule has 0 unspecified atom stereocenters. The normalized spacial score (nSPS) is 9.19. The summed E-state index contributed by atoms with van der Waals surface area (Å²) >= 11 is 0. The van der Waals surface area contributed by atoms with E-state index in [-0.39, 0.29) is 48.8 Å². The van der Waals surface area contributed by atoms with Gasteiger partial charge in [0.25, 0.3) is 0 Å². The number of aromatic carboxylic acids is 4. The first kappa shape index (κ1) is 23.8. The van der Waals surface area contributed by atoms with Crippen molar-refractivity contribution < 1.29 is 76.0 Å². The van der Waals surface area contributed by atoms with E-state index in [1.165, 1.54) is 0 Å². The molecule has 0 saturated heterocycles. The Bertz CT molecular complexity index is 817. The average Bonchev–Trinajstić information content (AvgIpc) is 2.54. The molecule has 0 saturated carbocycles. The Morgan fingerprint density at radius 3 is 1.00 bits per heavy atom. The number of hydrogen-bond acceptors (Lipinski definition) is 6. The van der Waals surface area contributed by atoms with Crippen molar-refractivity contribution in [2.75, 3.05) is 0 Å². The molecule has 0 radical (unpaired) electrons. The molecule has 0 atom stereocenters. The van der Waals surface area contributed by atoms with Crippen LogP contribution in [0.4, 0.5) is 0 Å². The summed E-state index contributed by atoms with van der Waals surface area (Å²) < 4.78 is 0. The maximum Gasteiger partial charge on any atom is 0.336 e. The smallest absolute Gasteiger partial charge is 0.336 e. The monoisotopic (exact) mass is 454 g/mol. The average molecular weight is 455 g/mol. The first-order valence-corrected chi connectivity index (χ1v) is 6.63. The number of rotatable bonds is 4. The number of hydrogen-bond donors (Lipinski definition) is 6. The van der Waals surface area contributed by atoms with E-state index in [1.807, 2.05) is 0 Å². The van der Waals surface area contributed by atoms with Gasteiger partial charge in [0.2, 0.25) is 0 Å². The molecule has 10 nitrogen and oxygen atoms in total. The van der Waals surface area contributed by atoms with Crippen LogP contribution in [0.3, 0.4) is 0 Å². The van der Waals surface area contributed by atoms with Crippen molar-refractivity contribution in [3.63, 3.8) is 0 Å². The van der Waals surface area contributed by atoms with Gasteiger partial charge >= 0.3 is 23.9 Å². The van der Waals surface area contributed by atoms with E-state index in [4.69, 9.17) is 30.6 Å². The van der Waals surface area contributed by atoms with Crippen LogP contribution in [0.2, 0.25) is 0 Å². The van der Waals surface area contributed by atoms with Crippen molar-refractivity contribution in [2.45, 2.75) is 0 Å². The van der Waals surface area contributed by atoms with Gasteiger partial charge in [0.05, 0.1) is 22.3 Å². The zero-order valence-corrected chi connectivity index (χ0v) is 15.7. The molecule has 0 heterocycles. The minimum Gasteiger partial charge on any atom is -0.508 e. The molecule has 27 heavy (non-hydrogen) atoms. The molecule has 0 spiro atoms. The Labute approximate surface area is 170 Å². The predicted octanol–water partition coefficient (Wildman–Crippen LogP) is 1.57. The van der Waals surface area contributed by atoms with Crippen LogP contribution < -0.4 is 0 Å². The van der Waals surface area contributed by atoms with Crippen LogP contribution in [0.1, 0.15) is 41.4 Å². The zero-order valence-electron chi connectivity index (χ0n) is 13.3. The van der Waals surface area contributed by atoms with E-state index in [1.54, 1.807) is 0 Å². The third kappa shape index (κ3) is 6.55. The fourth-order valence-corrected chi connectivity index (χ4v) is 1.79. The Balaban J connectivity index is 0.000000483. The molecule has 0 fully saturated rings. The molecule has 140 valence electrons. The van der Waals surface area contributed by atoms with Gasteiger partial charge in [-0.05, 0) is 36.4 Å².